The number of anilines is 2. The van der Waals surface area contributed by atoms with Gasteiger partial charge in [-0.05, 0) is 98.8 Å². The van der Waals surface area contributed by atoms with Crippen LogP contribution >= 0.6 is 11.3 Å². The highest BCUT2D eigenvalue weighted by atomic mass is 32.2. The maximum absolute atomic E-state index is 15.1. The van der Waals surface area contributed by atoms with E-state index >= 15 is 4.39 Å². The van der Waals surface area contributed by atoms with E-state index in [0.29, 0.717) is 55.6 Å². The van der Waals surface area contributed by atoms with Gasteiger partial charge in [0, 0.05) is 36.1 Å². The number of piperidine rings is 1. The standard InChI is InChI=1S/C36H40F4N4O4S2/c1-43(2)35(33-9-6-20-49-33)16-18-44(19-17-35)31-22-27(36(38,39)40)14-12-24(31)10-11-26(23-41-34(46)28-7-4-5-8-32(28)45)25-13-15-30(29(37)21-25)42-50(3,47)48/h4-9,12-15,20-22,26,42,45H,10-11,16-19,23H2,1-3H3,(H,41,46). The van der Waals surface area contributed by atoms with Crippen molar-refractivity contribution < 1.29 is 35.9 Å². The first-order valence-corrected chi connectivity index (χ1v) is 18.8. The lowest BCUT2D eigenvalue weighted by atomic mass is 9.84. The maximum atomic E-state index is 15.1. The van der Waals surface area contributed by atoms with Crippen LogP contribution in [0.2, 0.25) is 0 Å². The molecule has 1 saturated heterocycles. The number of hydrogen-bond donors (Lipinski definition) is 3. The summed E-state index contributed by atoms with van der Waals surface area (Å²) in [7, 11) is 0.300. The molecule has 268 valence electrons. The van der Waals surface area contributed by atoms with Gasteiger partial charge in [-0.25, -0.2) is 12.8 Å². The molecule has 1 unspecified atom stereocenters. The van der Waals surface area contributed by atoms with Crippen molar-refractivity contribution in [3.63, 3.8) is 0 Å². The zero-order valence-corrected chi connectivity index (χ0v) is 29.6. The average molecular weight is 733 g/mol. The second-order valence-electron chi connectivity index (χ2n) is 12.8. The van der Waals surface area contributed by atoms with E-state index in [1.807, 2.05) is 30.4 Å². The van der Waals surface area contributed by atoms with Gasteiger partial charge in [-0.15, -0.1) is 11.3 Å². The number of para-hydroxylation sites is 1. The van der Waals surface area contributed by atoms with E-state index in [0.717, 1.165) is 12.3 Å². The second-order valence-corrected chi connectivity index (χ2v) is 15.5. The largest absolute Gasteiger partial charge is 0.507 e. The van der Waals surface area contributed by atoms with Crippen molar-refractivity contribution in [2.24, 2.45) is 0 Å². The fraction of sp³-hybridized carbons (Fsp3) is 0.361. The first kappa shape index (κ1) is 37.1. The predicted octanol–water partition coefficient (Wildman–Crippen LogP) is 7.19. The van der Waals surface area contributed by atoms with Crippen LogP contribution in [-0.2, 0) is 28.2 Å². The number of phenols is 1. The Hall–Kier alpha value is -4.14. The SMILES string of the molecule is CN(C)C1(c2cccs2)CCN(c2cc(C(F)(F)F)ccc2CCC(CNC(=O)c2ccccc2O)c2ccc(NS(C)(=O)=O)c(F)c2)CC1. The van der Waals surface area contributed by atoms with Gasteiger partial charge in [0.05, 0.1) is 28.6 Å². The molecule has 2 heterocycles. The number of alkyl halides is 3. The molecule has 4 aromatic rings. The van der Waals surface area contributed by atoms with Gasteiger partial charge >= 0.3 is 6.18 Å². The summed E-state index contributed by atoms with van der Waals surface area (Å²) in [6.45, 7) is 1.08. The molecule has 0 aliphatic carbocycles. The zero-order chi connectivity index (χ0) is 36.3. The predicted molar refractivity (Wildman–Crippen MR) is 189 cm³/mol. The molecular weight excluding hydrogens is 693 g/mol. The number of thiophene rings is 1. The third kappa shape index (κ3) is 8.59. The van der Waals surface area contributed by atoms with Gasteiger partial charge in [0.2, 0.25) is 10.0 Å². The molecule has 0 saturated carbocycles. The molecule has 8 nitrogen and oxygen atoms in total. The first-order valence-electron chi connectivity index (χ1n) is 16.1. The Kier molecular flexibility index (Phi) is 11.1. The van der Waals surface area contributed by atoms with E-state index in [1.54, 1.807) is 29.5 Å². The minimum absolute atomic E-state index is 0.0112. The van der Waals surface area contributed by atoms with E-state index < -0.39 is 39.4 Å². The number of benzene rings is 3. The summed E-state index contributed by atoms with van der Waals surface area (Å²) in [6, 6.07) is 17.9. The Bertz CT molecular complexity index is 1910. The van der Waals surface area contributed by atoms with Crippen molar-refractivity contribution in [3.8, 4) is 5.75 Å². The van der Waals surface area contributed by atoms with Gasteiger partial charge in [0.25, 0.3) is 5.91 Å². The van der Waals surface area contributed by atoms with Gasteiger partial charge in [0.15, 0.2) is 0 Å². The summed E-state index contributed by atoms with van der Waals surface area (Å²) in [5.41, 5.74) is 0.453. The number of aryl methyl sites for hydroxylation is 1. The third-order valence-electron chi connectivity index (χ3n) is 9.36. The van der Waals surface area contributed by atoms with E-state index in [-0.39, 0.29) is 29.1 Å². The molecule has 3 N–H and O–H groups in total. The number of sulfonamides is 1. The summed E-state index contributed by atoms with van der Waals surface area (Å²) in [5.74, 6) is -2.11. The number of phenolic OH excluding ortho intramolecular Hbond substituents is 1. The Morgan fingerprint density at radius 2 is 1.76 bits per heavy atom. The summed E-state index contributed by atoms with van der Waals surface area (Å²) < 4.78 is 82.7. The molecular formula is C36H40F4N4O4S2. The van der Waals surface area contributed by atoms with Gasteiger partial charge in [0.1, 0.15) is 11.6 Å². The van der Waals surface area contributed by atoms with E-state index in [1.165, 1.54) is 41.3 Å². The van der Waals surface area contributed by atoms with Crippen molar-refractivity contribution in [2.45, 2.75) is 43.3 Å². The van der Waals surface area contributed by atoms with Crippen LogP contribution in [0, 0.1) is 5.82 Å². The van der Waals surface area contributed by atoms with Crippen LogP contribution < -0.4 is 14.9 Å². The Morgan fingerprint density at radius 3 is 2.36 bits per heavy atom. The van der Waals surface area contributed by atoms with Crippen LogP contribution in [-0.4, -0.2) is 64.3 Å². The number of carbonyl (C=O) groups is 1. The van der Waals surface area contributed by atoms with E-state index in [2.05, 4.69) is 21.0 Å². The number of nitrogens with zero attached hydrogens (tertiary/aromatic N) is 2. The lowest BCUT2D eigenvalue weighted by Crippen LogP contribution is -2.50. The Balaban J connectivity index is 1.43. The second kappa shape index (κ2) is 15.0. The molecule has 1 aliphatic rings. The highest BCUT2D eigenvalue weighted by Crippen LogP contribution is 2.42. The van der Waals surface area contributed by atoms with Gasteiger partial charge in [-0.3, -0.25) is 14.4 Å². The Morgan fingerprint density at radius 1 is 1.04 bits per heavy atom. The van der Waals surface area contributed by atoms with Crippen LogP contribution in [0.3, 0.4) is 0 Å². The highest BCUT2D eigenvalue weighted by molar-refractivity contribution is 7.92. The normalized spacial score (nSPS) is 15.6. The van der Waals surface area contributed by atoms with Crippen LogP contribution in [0.25, 0.3) is 0 Å². The van der Waals surface area contributed by atoms with Gasteiger partial charge < -0.3 is 15.3 Å². The maximum Gasteiger partial charge on any atom is 0.416 e. The summed E-state index contributed by atoms with van der Waals surface area (Å²) in [5, 5.41) is 15.0. The fourth-order valence-corrected chi connectivity index (χ4v) is 8.21. The number of aromatic hydroxyl groups is 1. The monoisotopic (exact) mass is 732 g/mol. The summed E-state index contributed by atoms with van der Waals surface area (Å²) >= 11 is 1.67. The number of rotatable bonds is 12. The van der Waals surface area contributed by atoms with E-state index in [4.69, 9.17) is 0 Å². The van der Waals surface area contributed by atoms with Gasteiger partial charge in [-0.2, -0.15) is 13.2 Å². The topological polar surface area (TPSA) is 102 Å². The van der Waals surface area contributed by atoms with Crippen LogP contribution in [0.5, 0.6) is 5.75 Å². The number of amides is 1. The van der Waals surface area contributed by atoms with E-state index in [9.17, 15) is 31.5 Å². The van der Waals surface area contributed by atoms with Crippen LogP contribution in [0.15, 0.2) is 78.2 Å². The lowest BCUT2D eigenvalue weighted by molar-refractivity contribution is -0.137. The smallest absolute Gasteiger partial charge is 0.416 e. The molecule has 50 heavy (non-hydrogen) atoms. The van der Waals surface area contributed by atoms with Crippen LogP contribution in [0.4, 0.5) is 28.9 Å². The van der Waals surface area contributed by atoms with Gasteiger partial charge in [-0.1, -0.05) is 30.3 Å². The molecule has 0 spiro atoms. The molecule has 1 aliphatic heterocycles. The summed E-state index contributed by atoms with van der Waals surface area (Å²) in [6.07, 6.45) is -1.60. The fourth-order valence-electron chi connectivity index (χ4n) is 6.58. The van der Waals surface area contributed by atoms with Crippen molar-refractivity contribution in [1.29, 1.82) is 0 Å². The molecule has 3 aromatic carbocycles. The van der Waals surface area contributed by atoms with Crippen LogP contribution in [0.1, 0.15) is 57.1 Å². The first-order chi connectivity index (χ1) is 23.6. The van der Waals surface area contributed by atoms with Crippen molar-refractivity contribution in [3.05, 3.63) is 111 Å². The summed E-state index contributed by atoms with van der Waals surface area (Å²) in [4.78, 5) is 18.4. The van der Waals surface area contributed by atoms with Crippen molar-refractivity contribution >= 4 is 38.6 Å². The number of halogens is 4. The molecule has 0 radical (unpaired) electrons. The molecule has 1 aromatic heterocycles. The number of carbonyl (C=O) groups excluding carboxylic acids is 1. The minimum Gasteiger partial charge on any atom is -0.507 e. The lowest BCUT2D eigenvalue weighted by Gasteiger charge is -2.46. The molecule has 5 rings (SSSR count). The highest BCUT2D eigenvalue weighted by Gasteiger charge is 2.40. The quantitative estimate of drug-likeness (QED) is 0.134. The molecule has 1 atom stereocenters. The molecule has 1 fully saturated rings. The minimum atomic E-state index is -4.54. The molecule has 14 heteroatoms. The average Bonchev–Trinajstić information content (AvgIpc) is 3.61. The van der Waals surface area contributed by atoms with Crippen molar-refractivity contribution in [2.75, 3.05) is 49.6 Å². The third-order valence-corrected chi connectivity index (χ3v) is 11.0. The molecule has 1 amide bonds. The zero-order valence-electron chi connectivity index (χ0n) is 27.9. The number of nitrogens with one attached hydrogen (secondary N) is 2. The Labute approximate surface area is 293 Å². The van der Waals surface area contributed by atoms with Crippen molar-refractivity contribution in [1.82, 2.24) is 10.2 Å². The molecule has 0 bridgehead atoms. The number of hydrogen-bond acceptors (Lipinski definition) is 7.